The largest absolute Gasteiger partial charge is 0.417 e. The molecule has 1 aromatic rings. The van der Waals surface area contributed by atoms with E-state index in [0.717, 1.165) is 0 Å². The van der Waals surface area contributed by atoms with Gasteiger partial charge >= 0.3 is 6.18 Å². The Morgan fingerprint density at radius 1 is 1.25 bits per heavy atom. The molecule has 0 bridgehead atoms. The molecule has 0 nitrogen and oxygen atoms in total. The fraction of sp³-hybridized carbons (Fsp3) is 0.143. The van der Waals surface area contributed by atoms with E-state index in [9.17, 15) is 13.2 Å². The van der Waals surface area contributed by atoms with Gasteiger partial charge in [0.05, 0.1) is 9.68 Å². The highest BCUT2D eigenvalue weighted by atomic mass is 79.9. The summed E-state index contributed by atoms with van der Waals surface area (Å²) in [4.78, 5) is 0. The van der Waals surface area contributed by atoms with Crippen LogP contribution >= 0.6 is 31.9 Å². The molecule has 0 heterocycles. The van der Waals surface area contributed by atoms with Crippen LogP contribution in [0, 0.1) is 0 Å². The topological polar surface area (TPSA) is 0 Å². The summed E-state index contributed by atoms with van der Waals surface area (Å²) in [6.45, 7) is 0. The monoisotopic (exact) mass is 305 g/mol. The van der Waals surface area contributed by atoms with Crippen LogP contribution in [0.1, 0.15) is 9.68 Å². The van der Waals surface area contributed by atoms with E-state index in [0.29, 0.717) is 0 Å². The lowest BCUT2D eigenvalue weighted by Crippen LogP contribution is -2.05. The van der Waals surface area contributed by atoms with Crippen molar-refractivity contribution in [1.82, 2.24) is 0 Å². The van der Waals surface area contributed by atoms with E-state index >= 15 is 0 Å². The van der Waals surface area contributed by atoms with Crippen molar-refractivity contribution in [2.75, 3.05) is 0 Å². The molecule has 0 saturated carbocycles. The first-order valence-corrected chi connectivity index (χ1v) is 4.28. The minimum absolute atomic E-state index is 0.331. The van der Waals surface area contributed by atoms with Crippen LogP contribution < -0.4 is 0 Å². The molecule has 0 aliphatic carbocycles. The number of benzene rings is 1. The Kier molecular flexibility index (Phi) is 1.81. The van der Waals surface area contributed by atoms with Gasteiger partial charge < -0.3 is 0 Å². The van der Waals surface area contributed by atoms with Crippen molar-refractivity contribution in [2.24, 2.45) is 0 Å². The summed E-state index contributed by atoms with van der Waals surface area (Å²) in [5, 5.41) is 0. The summed E-state index contributed by atoms with van der Waals surface area (Å²) in [7, 11) is 0. The quantitative estimate of drug-likeness (QED) is 0.673. The molecule has 0 aromatic heterocycles. The molecular formula is C7H3Br2F3. The SMILES string of the molecule is [2H]c1c([2H])c(Br)c(C(F)(F)F)c([2H])c1Br. The Labute approximate surface area is 88.2 Å². The van der Waals surface area contributed by atoms with E-state index < -0.39 is 34.3 Å². The van der Waals surface area contributed by atoms with Gasteiger partial charge in [-0.15, -0.1) is 0 Å². The Morgan fingerprint density at radius 3 is 2.33 bits per heavy atom. The lowest BCUT2D eigenvalue weighted by molar-refractivity contribution is -0.138. The Hall–Kier alpha value is -0.0300. The molecule has 0 amide bonds. The van der Waals surface area contributed by atoms with Crippen LogP contribution in [0.25, 0.3) is 0 Å². The summed E-state index contributed by atoms with van der Waals surface area (Å²) in [6.07, 6.45) is -4.72. The second-order valence-corrected chi connectivity index (χ2v) is 3.46. The van der Waals surface area contributed by atoms with Crippen LogP contribution in [0.15, 0.2) is 27.1 Å². The second-order valence-electron chi connectivity index (χ2n) is 1.88. The average Bonchev–Trinajstić information content (AvgIpc) is 2.09. The molecule has 1 aromatic carbocycles. The zero-order valence-corrected chi connectivity index (χ0v) is 8.56. The maximum atomic E-state index is 12.5. The van der Waals surface area contributed by atoms with Crippen molar-refractivity contribution in [1.29, 1.82) is 0 Å². The maximum Gasteiger partial charge on any atom is 0.417 e. The first-order valence-electron chi connectivity index (χ1n) is 4.19. The molecule has 0 saturated heterocycles. The molecule has 0 fully saturated rings. The van der Waals surface area contributed by atoms with Gasteiger partial charge in [0, 0.05) is 8.95 Å². The van der Waals surface area contributed by atoms with Crippen LogP contribution in [0.2, 0.25) is 0 Å². The first kappa shape index (κ1) is 6.43. The van der Waals surface area contributed by atoms with Crippen LogP contribution in [-0.2, 0) is 6.18 Å². The molecule has 0 spiro atoms. The van der Waals surface area contributed by atoms with Crippen LogP contribution in [0.4, 0.5) is 13.2 Å². The normalized spacial score (nSPS) is 15.2. The van der Waals surface area contributed by atoms with Gasteiger partial charge in [0.1, 0.15) is 0 Å². The Balaban J connectivity index is 3.68. The van der Waals surface area contributed by atoms with Crippen LogP contribution in [0.5, 0.6) is 0 Å². The number of alkyl halides is 3. The van der Waals surface area contributed by atoms with E-state index in [1.54, 1.807) is 0 Å². The molecule has 0 N–H and O–H groups in total. The van der Waals surface area contributed by atoms with Gasteiger partial charge in [-0.3, -0.25) is 0 Å². The number of halogens is 5. The van der Waals surface area contributed by atoms with E-state index in [-0.39, 0.29) is 4.47 Å². The Morgan fingerprint density at radius 2 is 1.83 bits per heavy atom. The van der Waals surface area contributed by atoms with Crippen molar-refractivity contribution in [3.8, 4) is 0 Å². The predicted molar refractivity (Wildman–Crippen MR) is 46.8 cm³/mol. The molecule has 0 unspecified atom stereocenters. The van der Waals surface area contributed by atoms with Gasteiger partial charge in [-0.2, -0.15) is 13.2 Å². The molecule has 0 aliphatic rings. The molecule has 12 heavy (non-hydrogen) atoms. The average molecular weight is 307 g/mol. The lowest BCUT2D eigenvalue weighted by atomic mass is 10.2. The van der Waals surface area contributed by atoms with Crippen LogP contribution in [-0.4, -0.2) is 0 Å². The molecule has 0 radical (unpaired) electrons. The first-order chi connectivity index (χ1) is 6.68. The summed E-state index contributed by atoms with van der Waals surface area (Å²) in [5.74, 6) is 0. The van der Waals surface area contributed by atoms with E-state index in [1.165, 1.54) is 0 Å². The standard InChI is InChI=1S/C7H3Br2F3/c8-4-1-2-6(9)5(3-4)7(10,11)12/h1-3H/i1D,2D,3D. The highest BCUT2D eigenvalue weighted by Crippen LogP contribution is 2.36. The summed E-state index contributed by atoms with van der Waals surface area (Å²) < 4.78 is 58.3. The highest BCUT2D eigenvalue weighted by Gasteiger charge is 2.32. The summed E-state index contributed by atoms with van der Waals surface area (Å²) in [5.41, 5.74) is -1.24. The van der Waals surface area contributed by atoms with Crippen molar-refractivity contribution >= 4 is 31.9 Å². The molecule has 5 heteroatoms. The van der Waals surface area contributed by atoms with Crippen molar-refractivity contribution in [3.63, 3.8) is 0 Å². The van der Waals surface area contributed by atoms with E-state index in [1.807, 2.05) is 0 Å². The smallest absolute Gasteiger partial charge is 0.166 e. The lowest BCUT2D eigenvalue weighted by Gasteiger charge is -2.08. The predicted octanol–water partition coefficient (Wildman–Crippen LogP) is 4.23. The Bertz CT molecular complexity index is 388. The van der Waals surface area contributed by atoms with Crippen molar-refractivity contribution in [2.45, 2.75) is 6.18 Å². The van der Waals surface area contributed by atoms with Gasteiger partial charge in [0.25, 0.3) is 0 Å². The zero-order valence-electron chi connectivity index (χ0n) is 8.39. The number of rotatable bonds is 0. The minimum Gasteiger partial charge on any atom is -0.166 e. The molecule has 66 valence electrons. The van der Waals surface area contributed by atoms with Gasteiger partial charge in [-0.1, -0.05) is 31.9 Å². The zero-order chi connectivity index (χ0) is 12.0. The fourth-order valence-corrected chi connectivity index (χ4v) is 1.28. The molecular weight excluding hydrogens is 301 g/mol. The number of hydrogen-bond donors (Lipinski definition) is 0. The summed E-state index contributed by atoms with van der Waals surface area (Å²) >= 11 is 5.28. The van der Waals surface area contributed by atoms with Gasteiger partial charge in [-0.25, -0.2) is 0 Å². The highest BCUT2D eigenvalue weighted by molar-refractivity contribution is 9.11. The van der Waals surface area contributed by atoms with E-state index in [4.69, 9.17) is 4.11 Å². The minimum atomic E-state index is -4.72. The van der Waals surface area contributed by atoms with Gasteiger partial charge in [-0.05, 0) is 18.1 Å². The van der Waals surface area contributed by atoms with Crippen LogP contribution in [0.3, 0.4) is 0 Å². The molecule has 1 rings (SSSR count). The molecule has 0 aliphatic heterocycles. The third kappa shape index (κ3) is 2.23. The van der Waals surface area contributed by atoms with Crippen molar-refractivity contribution in [3.05, 3.63) is 32.6 Å². The molecule has 0 atom stereocenters. The third-order valence-corrected chi connectivity index (χ3v) is 2.01. The maximum absolute atomic E-state index is 12.5. The summed E-state index contributed by atoms with van der Waals surface area (Å²) in [6, 6.07) is -1.87. The van der Waals surface area contributed by atoms with Crippen molar-refractivity contribution < 1.29 is 17.3 Å². The second kappa shape index (κ2) is 3.38. The van der Waals surface area contributed by atoms with Gasteiger partial charge in [0.2, 0.25) is 0 Å². The fourth-order valence-electron chi connectivity index (χ4n) is 0.563. The van der Waals surface area contributed by atoms with Gasteiger partial charge in [0.15, 0.2) is 0 Å². The third-order valence-electron chi connectivity index (χ3n) is 1.02. The number of hydrogen-bond acceptors (Lipinski definition) is 0. The van der Waals surface area contributed by atoms with E-state index in [2.05, 4.69) is 31.9 Å².